The van der Waals surface area contributed by atoms with Crippen LogP contribution in [0.1, 0.15) is 12.1 Å². The first-order chi connectivity index (χ1) is 15.2. The summed E-state index contributed by atoms with van der Waals surface area (Å²) in [6.07, 6.45) is 0.712. The number of hydrogen-bond donors (Lipinski definition) is 1. The summed E-state index contributed by atoms with van der Waals surface area (Å²) in [6.45, 7) is 3.36. The number of primary sulfonamides is 1. The molecule has 7 nitrogen and oxygen atoms in total. The van der Waals surface area contributed by atoms with Crippen molar-refractivity contribution in [2.45, 2.75) is 17.6 Å². The Bertz CT molecular complexity index is 1320. The Hall–Kier alpha value is -2.46. The number of anilines is 2. The lowest BCUT2D eigenvalue weighted by Crippen LogP contribution is -2.60. The molecule has 0 radical (unpaired) electrons. The molecule has 0 saturated carbocycles. The first kappa shape index (κ1) is 21.4. The van der Waals surface area contributed by atoms with Gasteiger partial charge in [-0.2, -0.15) is 0 Å². The topological polar surface area (TPSA) is 96.6 Å². The molecule has 32 heavy (non-hydrogen) atoms. The summed E-state index contributed by atoms with van der Waals surface area (Å²) in [7, 11) is -3.85. The molecular weight excluding hydrogens is 468 g/mol. The number of halogens is 1. The van der Waals surface area contributed by atoms with Gasteiger partial charge in [-0.25, -0.2) is 18.5 Å². The second kappa shape index (κ2) is 7.55. The fourth-order valence-corrected chi connectivity index (χ4v) is 6.68. The summed E-state index contributed by atoms with van der Waals surface area (Å²) in [4.78, 5) is 21.3. The molecule has 2 aliphatic rings. The fraction of sp³-hybridized carbons (Fsp3) is 0.273. The van der Waals surface area contributed by atoms with Crippen molar-refractivity contribution in [2.75, 3.05) is 29.4 Å². The van der Waals surface area contributed by atoms with Gasteiger partial charge in [0.2, 0.25) is 15.9 Å². The molecule has 3 aromatic rings. The highest BCUT2D eigenvalue weighted by molar-refractivity contribution is 7.91. The van der Waals surface area contributed by atoms with Crippen LogP contribution in [0.15, 0.2) is 52.7 Å². The highest BCUT2D eigenvalue weighted by Crippen LogP contribution is 2.45. The minimum Gasteiger partial charge on any atom is -0.369 e. The number of thiazole rings is 1. The van der Waals surface area contributed by atoms with Crippen molar-refractivity contribution < 1.29 is 13.2 Å². The molecule has 1 amide bonds. The molecule has 2 aliphatic heterocycles. The van der Waals surface area contributed by atoms with Gasteiger partial charge in [0.25, 0.3) is 0 Å². The van der Waals surface area contributed by atoms with Gasteiger partial charge < -0.3 is 4.90 Å². The van der Waals surface area contributed by atoms with Crippen molar-refractivity contribution >= 4 is 49.7 Å². The van der Waals surface area contributed by atoms with E-state index >= 15 is 0 Å². The van der Waals surface area contributed by atoms with Gasteiger partial charge >= 0.3 is 0 Å². The number of amides is 1. The Morgan fingerprint density at radius 2 is 1.81 bits per heavy atom. The highest BCUT2D eigenvalue weighted by atomic mass is 35.5. The maximum Gasteiger partial charge on any atom is 0.249 e. The average molecular weight is 489 g/mol. The quantitative estimate of drug-likeness (QED) is 0.604. The lowest BCUT2D eigenvalue weighted by molar-refractivity contribution is -0.126. The molecule has 2 saturated heterocycles. The zero-order valence-corrected chi connectivity index (χ0v) is 19.7. The largest absolute Gasteiger partial charge is 0.369 e. The molecule has 10 heteroatoms. The second-order valence-corrected chi connectivity index (χ2v) is 11.4. The third-order valence-electron chi connectivity index (χ3n) is 6.15. The molecule has 1 aromatic heterocycles. The minimum atomic E-state index is -3.85. The number of carbonyl (C=O) groups is 1. The lowest BCUT2D eigenvalue weighted by Gasteiger charge is -2.47. The highest BCUT2D eigenvalue weighted by Gasteiger charge is 2.55. The molecular formula is C22H21ClN4O3S2. The number of hydrogen-bond acceptors (Lipinski definition) is 6. The van der Waals surface area contributed by atoms with Crippen LogP contribution in [0.2, 0.25) is 5.02 Å². The van der Waals surface area contributed by atoms with Crippen molar-refractivity contribution in [1.82, 2.24) is 4.98 Å². The molecule has 2 N–H and O–H groups in total. The second-order valence-electron chi connectivity index (χ2n) is 8.28. The Balaban J connectivity index is 1.30. The molecule has 0 aliphatic carbocycles. The van der Waals surface area contributed by atoms with E-state index in [1.54, 1.807) is 11.8 Å². The molecule has 0 unspecified atom stereocenters. The van der Waals surface area contributed by atoms with Crippen LogP contribution in [0.5, 0.6) is 0 Å². The summed E-state index contributed by atoms with van der Waals surface area (Å²) in [5.74, 6) is -0.00356. The summed E-state index contributed by atoms with van der Waals surface area (Å²) < 4.78 is 23.5. The first-order valence-corrected chi connectivity index (χ1v) is 12.8. The van der Waals surface area contributed by atoms with E-state index in [0.717, 1.165) is 28.2 Å². The Labute approximate surface area is 195 Å². The predicted octanol–water partition coefficient (Wildman–Crippen LogP) is 3.66. The van der Waals surface area contributed by atoms with Crippen LogP contribution in [-0.4, -0.2) is 38.9 Å². The fourth-order valence-electron chi connectivity index (χ4n) is 4.46. The zero-order chi connectivity index (χ0) is 22.7. The van der Waals surface area contributed by atoms with Crippen molar-refractivity contribution in [1.29, 1.82) is 0 Å². The van der Waals surface area contributed by atoms with E-state index < -0.39 is 15.4 Å². The van der Waals surface area contributed by atoms with Crippen LogP contribution in [-0.2, 0) is 14.8 Å². The average Bonchev–Trinajstić information content (AvgIpc) is 3.27. The zero-order valence-electron chi connectivity index (χ0n) is 17.3. The third-order valence-corrected chi connectivity index (χ3v) is 9.21. The van der Waals surface area contributed by atoms with Gasteiger partial charge in [0.15, 0.2) is 9.34 Å². The standard InChI is InChI=1S/C22H21ClN4O3S2/c1-14-19(32(24,29)30)31-21(25-14)27-11-10-22(20(27)28)12-26(13-22)16-8-6-15(7-9-16)17-4-2-3-5-18(17)23/h2-9H,10-13H2,1H3,(H2,24,29,30). The monoisotopic (exact) mass is 488 g/mol. The van der Waals surface area contributed by atoms with E-state index in [1.807, 2.05) is 48.5 Å². The normalized spacial score (nSPS) is 17.8. The van der Waals surface area contributed by atoms with E-state index in [-0.39, 0.29) is 10.1 Å². The van der Waals surface area contributed by atoms with Gasteiger partial charge in [-0.15, -0.1) is 0 Å². The number of rotatable bonds is 4. The minimum absolute atomic E-state index is 0.00356. The maximum atomic E-state index is 13.2. The van der Waals surface area contributed by atoms with Crippen LogP contribution >= 0.6 is 22.9 Å². The van der Waals surface area contributed by atoms with E-state index in [1.165, 1.54) is 0 Å². The SMILES string of the molecule is Cc1nc(N2CCC3(CN(c4ccc(-c5ccccc5Cl)cc4)C3)C2=O)sc1S(N)(=O)=O. The summed E-state index contributed by atoms with van der Waals surface area (Å²) in [5.41, 5.74) is 2.96. The molecule has 0 bridgehead atoms. The Morgan fingerprint density at radius 3 is 2.44 bits per heavy atom. The molecule has 166 valence electrons. The lowest BCUT2D eigenvalue weighted by atomic mass is 9.78. The summed E-state index contributed by atoms with van der Waals surface area (Å²) in [5, 5.41) is 6.37. The van der Waals surface area contributed by atoms with Gasteiger partial charge in [0, 0.05) is 35.9 Å². The smallest absolute Gasteiger partial charge is 0.249 e. The molecule has 0 atom stereocenters. The van der Waals surface area contributed by atoms with Crippen molar-refractivity contribution in [3.8, 4) is 11.1 Å². The van der Waals surface area contributed by atoms with Gasteiger partial charge in [0.05, 0.1) is 11.1 Å². The molecule has 2 aromatic carbocycles. The number of sulfonamides is 1. The van der Waals surface area contributed by atoms with Crippen LogP contribution < -0.4 is 14.9 Å². The molecule has 5 rings (SSSR count). The Kier molecular flexibility index (Phi) is 5.05. The van der Waals surface area contributed by atoms with E-state index in [0.29, 0.717) is 41.9 Å². The van der Waals surface area contributed by atoms with Crippen molar-refractivity contribution in [3.05, 3.63) is 59.2 Å². The Morgan fingerprint density at radius 1 is 1.12 bits per heavy atom. The maximum absolute atomic E-state index is 13.2. The van der Waals surface area contributed by atoms with Crippen LogP contribution in [0.4, 0.5) is 10.8 Å². The molecule has 2 fully saturated rings. The first-order valence-electron chi connectivity index (χ1n) is 10.1. The van der Waals surface area contributed by atoms with Gasteiger partial charge in [-0.1, -0.05) is 53.3 Å². The van der Waals surface area contributed by atoms with Crippen LogP contribution in [0, 0.1) is 12.3 Å². The molecule has 3 heterocycles. The third kappa shape index (κ3) is 3.49. The summed E-state index contributed by atoms with van der Waals surface area (Å²) in [6, 6.07) is 15.9. The summed E-state index contributed by atoms with van der Waals surface area (Å²) >= 11 is 7.26. The van der Waals surface area contributed by atoms with Crippen LogP contribution in [0.25, 0.3) is 11.1 Å². The number of nitrogens with zero attached hydrogens (tertiary/aromatic N) is 3. The number of carbonyl (C=O) groups excluding carboxylic acids is 1. The number of benzene rings is 2. The van der Waals surface area contributed by atoms with E-state index in [9.17, 15) is 13.2 Å². The van der Waals surface area contributed by atoms with E-state index in [2.05, 4.69) is 9.88 Å². The van der Waals surface area contributed by atoms with Gasteiger partial charge in [-0.3, -0.25) is 9.69 Å². The number of nitrogens with two attached hydrogens (primary N) is 1. The van der Waals surface area contributed by atoms with E-state index in [4.69, 9.17) is 16.7 Å². The van der Waals surface area contributed by atoms with Gasteiger partial charge in [-0.05, 0) is 37.1 Å². The number of aryl methyl sites for hydroxylation is 1. The molecule has 1 spiro atoms. The van der Waals surface area contributed by atoms with Gasteiger partial charge in [0.1, 0.15) is 0 Å². The van der Waals surface area contributed by atoms with Crippen molar-refractivity contribution in [2.24, 2.45) is 10.6 Å². The van der Waals surface area contributed by atoms with Crippen molar-refractivity contribution in [3.63, 3.8) is 0 Å². The van der Waals surface area contributed by atoms with Crippen LogP contribution in [0.3, 0.4) is 0 Å². The predicted molar refractivity (Wildman–Crippen MR) is 127 cm³/mol. The number of aromatic nitrogens is 1.